The van der Waals surface area contributed by atoms with Crippen LogP contribution in [0.1, 0.15) is 20.3 Å². The summed E-state index contributed by atoms with van der Waals surface area (Å²) in [5.74, 6) is 1.03. The Hall–Kier alpha value is 0.0700. The van der Waals surface area contributed by atoms with Crippen molar-refractivity contribution in [2.24, 2.45) is 0 Å². The predicted octanol–water partition coefficient (Wildman–Crippen LogP) is 0.115. The van der Waals surface area contributed by atoms with E-state index >= 15 is 0 Å². The molecular weight excluding hydrogens is 174 g/mol. The fourth-order valence-corrected chi connectivity index (χ4v) is 1.62. The number of aliphatic hydroxyl groups is 1. The summed E-state index contributed by atoms with van der Waals surface area (Å²) in [5.41, 5.74) is 0. The summed E-state index contributed by atoms with van der Waals surface area (Å²) in [6, 6.07) is 0. The first kappa shape index (κ1) is 12.1. The molecule has 0 spiro atoms. The topological polar surface area (TPSA) is 49.3 Å². The van der Waals surface area contributed by atoms with E-state index in [4.69, 9.17) is 0 Å². The lowest BCUT2D eigenvalue weighted by molar-refractivity contribution is 0.195. The number of aliphatic hydroxyl groups excluding tert-OH is 1. The third-order valence-corrected chi connectivity index (χ3v) is 2.91. The van der Waals surface area contributed by atoms with Crippen LogP contribution in [0.15, 0.2) is 0 Å². The molecule has 0 aromatic rings. The number of rotatable bonds is 7. The van der Waals surface area contributed by atoms with Crippen LogP contribution in [0.25, 0.3) is 0 Å². The summed E-state index contributed by atoms with van der Waals surface area (Å²) in [6.07, 6.45) is 0.598. The van der Waals surface area contributed by atoms with Crippen molar-refractivity contribution in [1.29, 1.82) is 0 Å². The number of hydrogen-bond donors (Lipinski definition) is 2. The molecule has 0 aliphatic carbocycles. The van der Waals surface area contributed by atoms with Crippen LogP contribution in [0.3, 0.4) is 0 Å². The Morgan fingerprint density at radius 3 is 2.67 bits per heavy atom. The first-order valence-corrected chi connectivity index (χ1v) is 5.93. The maximum absolute atomic E-state index is 11.0. The van der Waals surface area contributed by atoms with Gasteiger partial charge < -0.3 is 10.4 Å². The maximum Gasteiger partial charge on any atom is 0.0779 e. The lowest BCUT2D eigenvalue weighted by atomic mass is 10.4. The first-order chi connectivity index (χ1) is 5.70. The largest absolute Gasteiger partial charge is 0.391 e. The van der Waals surface area contributed by atoms with Crippen LogP contribution in [-0.2, 0) is 10.8 Å². The predicted molar refractivity (Wildman–Crippen MR) is 52.7 cm³/mol. The Morgan fingerprint density at radius 2 is 2.17 bits per heavy atom. The molecule has 3 nitrogen and oxygen atoms in total. The van der Waals surface area contributed by atoms with Gasteiger partial charge in [0.05, 0.1) is 11.9 Å². The van der Waals surface area contributed by atoms with Gasteiger partial charge in [0.15, 0.2) is 0 Å². The van der Waals surface area contributed by atoms with Gasteiger partial charge in [0.2, 0.25) is 0 Å². The number of nitrogens with one attached hydrogen (secondary N) is 1. The molecule has 0 aromatic carbocycles. The van der Waals surface area contributed by atoms with Gasteiger partial charge in [0.25, 0.3) is 0 Å². The van der Waals surface area contributed by atoms with Crippen molar-refractivity contribution >= 4 is 10.8 Å². The van der Waals surface area contributed by atoms with E-state index in [9.17, 15) is 9.32 Å². The van der Waals surface area contributed by atoms with E-state index in [0.29, 0.717) is 18.1 Å². The molecular formula is C8H19NO2S. The summed E-state index contributed by atoms with van der Waals surface area (Å²) >= 11 is 0. The summed E-state index contributed by atoms with van der Waals surface area (Å²) in [7, 11) is -0.852. The van der Waals surface area contributed by atoms with E-state index in [1.165, 1.54) is 0 Å². The second-order valence-corrected chi connectivity index (χ2v) is 4.54. The van der Waals surface area contributed by atoms with E-state index in [2.05, 4.69) is 12.2 Å². The fourth-order valence-electron chi connectivity index (χ4n) is 0.837. The average Bonchev–Trinajstić information content (AvgIpc) is 2.05. The van der Waals surface area contributed by atoms with E-state index in [1.807, 2.05) is 6.92 Å². The van der Waals surface area contributed by atoms with Crippen molar-refractivity contribution in [2.45, 2.75) is 26.4 Å². The van der Waals surface area contributed by atoms with Crippen LogP contribution in [0.2, 0.25) is 0 Å². The Bertz CT molecular complexity index is 130. The van der Waals surface area contributed by atoms with E-state index in [-0.39, 0.29) is 0 Å². The van der Waals surface area contributed by atoms with Crippen molar-refractivity contribution in [2.75, 3.05) is 24.6 Å². The van der Waals surface area contributed by atoms with E-state index in [0.717, 1.165) is 13.0 Å². The fraction of sp³-hybridized carbons (Fsp3) is 1.00. The molecule has 0 fully saturated rings. The normalized spacial score (nSPS) is 15.9. The SMILES string of the molecule is CCCNCC(O)CS(=O)CC. The lowest BCUT2D eigenvalue weighted by Crippen LogP contribution is -2.31. The minimum absolute atomic E-state index is 0.396. The molecule has 0 radical (unpaired) electrons. The van der Waals surface area contributed by atoms with Gasteiger partial charge in [-0.3, -0.25) is 4.21 Å². The molecule has 0 amide bonds. The molecule has 0 heterocycles. The molecule has 2 atom stereocenters. The molecule has 4 heteroatoms. The minimum atomic E-state index is -0.852. The summed E-state index contributed by atoms with van der Waals surface area (Å²) < 4.78 is 11.0. The van der Waals surface area contributed by atoms with Gasteiger partial charge in [-0.1, -0.05) is 13.8 Å². The van der Waals surface area contributed by atoms with Gasteiger partial charge in [0.1, 0.15) is 0 Å². The zero-order chi connectivity index (χ0) is 9.40. The maximum atomic E-state index is 11.0. The van der Waals surface area contributed by atoms with Gasteiger partial charge >= 0.3 is 0 Å². The highest BCUT2D eigenvalue weighted by Crippen LogP contribution is 1.88. The molecule has 0 saturated heterocycles. The summed E-state index contributed by atoms with van der Waals surface area (Å²) in [6.45, 7) is 5.40. The molecule has 2 unspecified atom stereocenters. The van der Waals surface area contributed by atoms with Gasteiger partial charge in [-0.2, -0.15) is 0 Å². The Balaban J connectivity index is 3.32. The number of hydrogen-bond acceptors (Lipinski definition) is 3. The van der Waals surface area contributed by atoms with Gasteiger partial charge in [0, 0.05) is 23.1 Å². The molecule has 74 valence electrons. The van der Waals surface area contributed by atoms with Crippen LogP contribution in [-0.4, -0.2) is 40.0 Å². The summed E-state index contributed by atoms with van der Waals surface area (Å²) in [4.78, 5) is 0. The van der Waals surface area contributed by atoms with Crippen LogP contribution >= 0.6 is 0 Å². The van der Waals surface area contributed by atoms with Gasteiger partial charge in [-0.25, -0.2) is 0 Å². The second kappa shape index (κ2) is 7.71. The molecule has 0 saturated carbocycles. The van der Waals surface area contributed by atoms with E-state index < -0.39 is 16.9 Å². The van der Waals surface area contributed by atoms with Crippen molar-refractivity contribution in [3.05, 3.63) is 0 Å². The van der Waals surface area contributed by atoms with Crippen molar-refractivity contribution in [1.82, 2.24) is 5.32 Å². The Morgan fingerprint density at radius 1 is 1.50 bits per heavy atom. The average molecular weight is 193 g/mol. The smallest absolute Gasteiger partial charge is 0.0779 e. The van der Waals surface area contributed by atoms with Crippen molar-refractivity contribution in [3.63, 3.8) is 0 Å². The van der Waals surface area contributed by atoms with E-state index in [1.54, 1.807) is 0 Å². The van der Waals surface area contributed by atoms with Crippen molar-refractivity contribution in [3.8, 4) is 0 Å². The molecule has 0 aliphatic heterocycles. The Kier molecular flexibility index (Phi) is 7.75. The zero-order valence-corrected chi connectivity index (χ0v) is 8.69. The quantitative estimate of drug-likeness (QED) is 0.564. The third kappa shape index (κ3) is 6.76. The van der Waals surface area contributed by atoms with Gasteiger partial charge in [-0.05, 0) is 13.0 Å². The van der Waals surface area contributed by atoms with Crippen molar-refractivity contribution < 1.29 is 9.32 Å². The first-order valence-electron chi connectivity index (χ1n) is 4.44. The van der Waals surface area contributed by atoms with Crippen LogP contribution < -0.4 is 5.32 Å². The van der Waals surface area contributed by atoms with Crippen LogP contribution in [0, 0.1) is 0 Å². The molecule has 0 rings (SSSR count). The highest BCUT2D eigenvalue weighted by Gasteiger charge is 2.06. The minimum Gasteiger partial charge on any atom is -0.391 e. The van der Waals surface area contributed by atoms with Crippen LogP contribution in [0.4, 0.5) is 0 Å². The molecule has 12 heavy (non-hydrogen) atoms. The zero-order valence-electron chi connectivity index (χ0n) is 7.88. The summed E-state index contributed by atoms with van der Waals surface area (Å²) in [5, 5.41) is 12.4. The third-order valence-electron chi connectivity index (χ3n) is 1.51. The molecule has 0 bridgehead atoms. The standard InChI is InChI=1S/C8H19NO2S/c1-3-5-9-6-8(10)7-12(11)4-2/h8-10H,3-7H2,1-2H3. The Labute approximate surface area is 77.0 Å². The molecule has 0 aliphatic rings. The highest BCUT2D eigenvalue weighted by atomic mass is 32.2. The highest BCUT2D eigenvalue weighted by molar-refractivity contribution is 7.84. The van der Waals surface area contributed by atoms with Gasteiger partial charge in [-0.15, -0.1) is 0 Å². The molecule has 0 aromatic heterocycles. The lowest BCUT2D eigenvalue weighted by Gasteiger charge is -2.09. The second-order valence-electron chi connectivity index (χ2n) is 2.75. The molecule has 2 N–H and O–H groups in total. The monoisotopic (exact) mass is 193 g/mol. The van der Waals surface area contributed by atoms with Crippen LogP contribution in [0.5, 0.6) is 0 Å².